The molecule has 0 aromatic rings. The van der Waals surface area contributed by atoms with Crippen molar-refractivity contribution in [3.63, 3.8) is 0 Å². The van der Waals surface area contributed by atoms with Crippen LogP contribution in [0.3, 0.4) is 0 Å². The monoisotopic (exact) mass is 329 g/mol. The smallest absolute Gasteiger partial charge is 0.186 e. The van der Waals surface area contributed by atoms with Gasteiger partial charge in [0.05, 0.1) is 0 Å². The second kappa shape index (κ2) is 16.0. The van der Waals surface area contributed by atoms with Crippen molar-refractivity contribution in [2.24, 2.45) is 5.73 Å². The van der Waals surface area contributed by atoms with E-state index < -0.39 is 8.32 Å². The van der Waals surface area contributed by atoms with E-state index >= 15 is 0 Å². The molecule has 0 saturated heterocycles. The maximum atomic E-state index is 5.59. The van der Waals surface area contributed by atoms with E-state index in [-0.39, 0.29) is 0 Å². The first-order valence-corrected chi connectivity index (χ1v) is 13.0. The lowest BCUT2D eigenvalue weighted by atomic mass is 10.0. The van der Waals surface area contributed by atoms with Crippen LogP contribution < -0.4 is 5.73 Å². The van der Waals surface area contributed by atoms with Crippen LogP contribution in [0.15, 0.2) is 0 Å². The molecule has 0 aromatic heterocycles. The van der Waals surface area contributed by atoms with Crippen LogP contribution in [0, 0.1) is 0 Å². The van der Waals surface area contributed by atoms with Gasteiger partial charge in [0.25, 0.3) is 0 Å². The van der Waals surface area contributed by atoms with E-state index in [4.69, 9.17) is 10.2 Å². The molecule has 0 aliphatic rings. The van der Waals surface area contributed by atoms with Gasteiger partial charge in [-0.3, -0.25) is 0 Å². The molecule has 0 heterocycles. The molecule has 3 heteroatoms. The minimum atomic E-state index is -1.29. The molecule has 2 nitrogen and oxygen atoms in total. The normalized spacial score (nSPS) is 12.0. The molecule has 0 aliphatic heterocycles. The SMILES string of the molecule is CO[Si](C)(C)CCCCCCCCCCCCCCCCN. The highest BCUT2D eigenvalue weighted by molar-refractivity contribution is 6.71. The Morgan fingerprint density at radius 1 is 0.591 bits per heavy atom. The molecule has 0 aliphatic carbocycles. The fraction of sp³-hybridized carbons (Fsp3) is 1.00. The summed E-state index contributed by atoms with van der Waals surface area (Å²) in [6.45, 7) is 5.52. The van der Waals surface area contributed by atoms with Crippen LogP contribution in [0.25, 0.3) is 0 Å². The molecule has 0 amide bonds. The van der Waals surface area contributed by atoms with E-state index in [1.54, 1.807) is 0 Å². The van der Waals surface area contributed by atoms with Crippen LogP contribution in [0.5, 0.6) is 0 Å². The summed E-state index contributed by atoms with van der Waals surface area (Å²) in [5.74, 6) is 0. The third-order valence-corrected chi connectivity index (χ3v) is 7.45. The molecule has 0 unspecified atom stereocenters. The molecule has 0 bridgehead atoms. The van der Waals surface area contributed by atoms with Crippen LogP contribution in [-0.2, 0) is 4.43 Å². The number of rotatable bonds is 17. The predicted molar refractivity (Wildman–Crippen MR) is 103 cm³/mol. The summed E-state index contributed by atoms with van der Waals surface area (Å²) >= 11 is 0. The van der Waals surface area contributed by atoms with Gasteiger partial charge in [-0.05, 0) is 32.1 Å². The van der Waals surface area contributed by atoms with Crippen LogP contribution in [0.4, 0.5) is 0 Å². The zero-order valence-corrected chi connectivity index (χ0v) is 16.8. The van der Waals surface area contributed by atoms with Crippen molar-refractivity contribution in [2.75, 3.05) is 13.7 Å². The molecule has 0 spiro atoms. The Morgan fingerprint density at radius 2 is 0.909 bits per heavy atom. The van der Waals surface area contributed by atoms with E-state index in [9.17, 15) is 0 Å². The van der Waals surface area contributed by atoms with Gasteiger partial charge in [-0.15, -0.1) is 0 Å². The maximum Gasteiger partial charge on any atom is 0.186 e. The summed E-state index contributed by atoms with van der Waals surface area (Å²) in [4.78, 5) is 0. The topological polar surface area (TPSA) is 35.2 Å². The zero-order valence-electron chi connectivity index (χ0n) is 15.8. The minimum Gasteiger partial charge on any atom is -0.420 e. The highest BCUT2D eigenvalue weighted by Gasteiger charge is 2.18. The molecule has 134 valence electrons. The van der Waals surface area contributed by atoms with Gasteiger partial charge in [-0.1, -0.05) is 83.5 Å². The van der Waals surface area contributed by atoms with E-state index in [0.29, 0.717) is 0 Å². The summed E-state index contributed by atoms with van der Waals surface area (Å²) < 4.78 is 5.59. The number of hydrogen-bond donors (Lipinski definition) is 1. The standard InChI is InChI=1S/C19H43NOSi/c1-21-22(2,3)19-17-15-13-11-9-7-5-4-6-8-10-12-14-16-18-20/h4-20H2,1-3H3. The van der Waals surface area contributed by atoms with E-state index in [2.05, 4.69) is 13.1 Å². The van der Waals surface area contributed by atoms with Crippen molar-refractivity contribution >= 4 is 8.32 Å². The van der Waals surface area contributed by atoms with Crippen molar-refractivity contribution < 1.29 is 4.43 Å². The molecule has 0 atom stereocenters. The highest BCUT2D eigenvalue weighted by Crippen LogP contribution is 2.17. The fourth-order valence-electron chi connectivity index (χ4n) is 2.92. The van der Waals surface area contributed by atoms with Crippen molar-refractivity contribution in [1.82, 2.24) is 0 Å². The van der Waals surface area contributed by atoms with Gasteiger partial charge in [0.15, 0.2) is 8.32 Å². The van der Waals surface area contributed by atoms with E-state index in [0.717, 1.165) is 6.54 Å². The molecular formula is C19H43NOSi. The van der Waals surface area contributed by atoms with Crippen LogP contribution >= 0.6 is 0 Å². The van der Waals surface area contributed by atoms with E-state index in [1.165, 1.54) is 95.9 Å². The fourth-order valence-corrected chi connectivity index (χ4v) is 4.22. The Hall–Kier alpha value is 0.137. The van der Waals surface area contributed by atoms with Gasteiger partial charge in [-0.25, -0.2) is 0 Å². The largest absolute Gasteiger partial charge is 0.420 e. The van der Waals surface area contributed by atoms with E-state index in [1.807, 2.05) is 7.11 Å². The summed E-state index contributed by atoms with van der Waals surface area (Å²) in [5.41, 5.74) is 5.50. The van der Waals surface area contributed by atoms with Gasteiger partial charge in [0.2, 0.25) is 0 Å². The first kappa shape index (κ1) is 22.1. The Morgan fingerprint density at radius 3 is 1.23 bits per heavy atom. The summed E-state index contributed by atoms with van der Waals surface area (Å²) in [5, 5.41) is 0. The first-order valence-electron chi connectivity index (χ1n) is 9.87. The number of unbranched alkanes of at least 4 members (excludes halogenated alkanes) is 13. The molecule has 22 heavy (non-hydrogen) atoms. The second-order valence-electron chi connectivity index (χ2n) is 7.45. The van der Waals surface area contributed by atoms with Crippen LogP contribution in [-0.4, -0.2) is 22.0 Å². The maximum absolute atomic E-state index is 5.59. The minimum absolute atomic E-state index is 0.867. The lowest BCUT2D eigenvalue weighted by molar-refractivity contribution is 0.400. The summed E-state index contributed by atoms with van der Waals surface area (Å²) in [6, 6.07) is 1.33. The average molecular weight is 330 g/mol. The highest BCUT2D eigenvalue weighted by atomic mass is 28.4. The van der Waals surface area contributed by atoms with Gasteiger partial charge >= 0.3 is 0 Å². The van der Waals surface area contributed by atoms with Gasteiger partial charge in [-0.2, -0.15) is 0 Å². The van der Waals surface area contributed by atoms with Crippen molar-refractivity contribution in [2.45, 2.75) is 109 Å². The van der Waals surface area contributed by atoms with Gasteiger partial charge in [0.1, 0.15) is 0 Å². The Bertz CT molecular complexity index is 221. The Balaban J connectivity index is 3.06. The quantitative estimate of drug-likeness (QED) is 0.252. The van der Waals surface area contributed by atoms with Crippen LogP contribution in [0.1, 0.15) is 89.9 Å². The van der Waals surface area contributed by atoms with Crippen molar-refractivity contribution in [3.05, 3.63) is 0 Å². The molecule has 0 radical (unpaired) electrons. The Labute approximate surface area is 141 Å². The third-order valence-electron chi connectivity index (χ3n) is 4.79. The Kier molecular flexibility index (Phi) is 16.1. The molecule has 0 aromatic carbocycles. The van der Waals surface area contributed by atoms with Gasteiger partial charge in [0, 0.05) is 7.11 Å². The predicted octanol–water partition coefficient (Wildman–Crippen LogP) is 6.26. The average Bonchev–Trinajstić information content (AvgIpc) is 2.51. The lowest BCUT2D eigenvalue weighted by Crippen LogP contribution is -2.27. The van der Waals surface area contributed by atoms with Crippen molar-refractivity contribution in [1.29, 1.82) is 0 Å². The number of nitrogens with two attached hydrogens (primary N) is 1. The number of hydrogen-bond acceptors (Lipinski definition) is 2. The first-order chi connectivity index (χ1) is 10.6. The third kappa shape index (κ3) is 16.5. The van der Waals surface area contributed by atoms with Crippen LogP contribution in [0.2, 0.25) is 19.1 Å². The van der Waals surface area contributed by atoms with Crippen molar-refractivity contribution in [3.8, 4) is 0 Å². The molecule has 2 N–H and O–H groups in total. The molecular weight excluding hydrogens is 286 g/mol. The second-order valence-corrected chi connectivity index (χ2v) is 11.9. The van der Waals surface area contributed by atoms with Gasteiger partial charge < -0.3 is 10.2 Å². The molecule has 0 rings (SSSR count). The zero-order chi connectivity index (χ0) is 16.5. The molecule has 0 saturated carbocycles. The lowest BCUT2D eigenvalue weighted by Gasteiger charge is -2.19. The summed E-state index contributed by atoms with van der Waals surface area (Å²) in [7, 11) is 0.593. The summed E-state index contributed by atoms with van der Waals surface area (Å²) in [6.07, 6.45) is 19.7. The molecule has 0 fully saturated rings.